The molecule has 0 heteroatoms. The fourth-order valence-corrected chi connectivity index (χ4v) is 6.39. The minimum absolute atomic E-state index is 0.0883. The Bertz CT molecular complexity index is 1400. The van der Waals surface area contributed by atoms with E-state index >= 15 is 0 Å². The summed E-state index contributed by atoms with van der Waals surface area (Å²) in [6.45, 7) is 18.4. The van der Waals surface area contributed by atoms with Gasteiger partial charge in [-0.05, 0) is 80.3 Å². The third kappa shape index (κ3) is 2.99. The second kappa shape index (κ2) is 6.97. The molecule has 4 aromatic carbocycles. The van der Waals surface area contributed by atoms with E-state index in [0.717, 1.165) is 0 Å². The first-order valence-electron chi connectivity index (χ1n) is 13.0. The van der Waals surface area contributed by atoms with Crippen LogP contribution in [-0.2, 0) is 16.2 Å². The molecule has 1 spiro atoms. The summed E-state index contributed by atoms with van der Waals surface area (Å²) in [5.41, 5.74) is 16.6. The lowest BCUT2D eigenvalue weighted by atomic mass is 9.68. The van der Waals surface area contributed by atoms with Gasteiger partial charge in [-0.2, -0.15) is 0 Å². The Morgan fingerprint density at radius 2 is 0.743 bits per heavy atom. The quantitative estimate of drug-likeness (QED) is 0.214. The van der Waals surface area contributed by atoms with Crippen LogP contribution in [0.2, 0.25) is 0 Å². The molecule has 0 N–H and O–H groups in total. The van der Waals surface area contributed by atoms with Crippen molar-refractivity contribution in [1.82, 2.24) is 0 Å². The first-order chi connectivity index (χ1) is 16.4. The number of benzene rings is 4. The van der Waals surface area contributed by atoms with Crippen molar-refractivity contribution in [2.24, 2.45) is 0 Å². The van der Waals surface area contributed by atoms with Gasteiger partial charge in [0.25, 0.3) is 0 Å². The third-order valence-corrected chi connectivity index (χ3v) is 8.32. The van der Waals surface area contributed by atoms with E-state index in [1.807, 2.05) is 0 Å². The first-order valence-corrected chi connectivity index (χ1v) is 13.0. The Hall–Kier alpha value is -3.12. The van der Waals surface area contributed by atoms with Crippen LogP contribution in [-0.4, -0.2) is 0 Å². The maximum Gasteiger partial charge on any atom is 0.0725 e. The van der Waals surface area contributed by atoms with Gasteiger partial charge < -0.3 is 0 Å². The van der Waals surface area contributed by atoms with Crippen LogP contribution >= 0.6 is 0 Å². The van der Waals surface area contributed by atoms with Gasteiger partial charge in [-0.1, -0.05) is 125 Å². The van der Waals surface area contributed by atoms with Gasteiger partial charge in [0.15, 0.2) is 0 Å². The van der Waals surface area contributed by atoms with Crippen LogP contribution in [0.1, 0.15) is 86.1 Å². The van der Waals surface area contributed by atoms with Crippen molar-refractivity contribution < 1.29 is 0 Å². The van der Waals surface area contributed by atoms with Gasteiger partial charge in [0, 0.05) is 0 Å². The Balaban J connectivity index is 1.83. The highest BCUT2D eigenvalue weighted by molar-refractivity contribution is 5.95. The van der Waals surface area contributed by atoms with Gasteiger partial charge in [-0.25, -0.2) is 0 Å². The lowest BCUT2D eigenvalue weighted by molar-refractivity contribution is 0.586. The highest BCUT2D eigenvalue weighted by Gasteiger charge is 2.52. The van der Waals surface area contributed by atoms with E-state index in [1.165, 1.54) is 66.8 Å². The summed E-state index contributed by atoms with van der Waals surface area (Å²) in [6, 6.07) is 28.7. The van der Waals surface area contributed by atoms with Crippen molar-refractivity contribution in [2.75, 3.05) is 0 Å². The van der Waals surface area contributed by atoms with Crippen LogP contribution < -0.4 is 0 Å². The summed E-state index contributed by atoms with van der Waals surface area (Å²) < 4.78 is 0. The van der Waals surface area contributed by atoms with E-state index in [1.54, 1.807) is 0 Å². The maximum atomic E-state index is 2.52. The van der Waals surface area contributed by atoms with E-state index in [2.05, 4.69) is 128 Å². The molecule has 0 saturated carbocycles. The van der Waals surface area contributed by atoms with E-state index in [0.29, 0.717) is 0 Å². The van der Waals surface area contributed by atoms with Crippen LogP contribution in [0.4, 0.5) is 0 Å². The standard InChI is InChI=1S/C35H36/c1-21-9-13-25-26-14-10-22(2)18-30(26)35(29(25)17-21)31-19-23(33(3,4)5)11-15-27(31)28-16-12-24(20-32(28)35)34(6,7)8/h9-20H,1-8H3. The molecular weight excluding hydrogens is 420 g/mol. The average molecular weight is 457 g/mol. The molecule has 0 saturated heterocycles. The van der Waals surface area contributed by atoms with Crippen LogP contribution in [0.5, 0.6) is 0 Å². The first kappa shape index (κ1) is 22.4. The molecule has 0 fully saturated rings. The fourth-order valence-electron chi connectivity index (χ4n) is 6.39. The molecule has 2 aliphatic carbocycles. The second-order valence-electron chi connectivity index (χ2n) is 12.9. The number of fused-ring (bicyclic) bond motifs is 10. The lowest BCUT2D eigenvalue weighted by Crippen LogP contribution is -2.27. The smallest absolute Gasteiger partial charge is 0.0587 e. The van der Waals surface area contributed by atoms with E-state index < -0.39 is 0 Å². The molecule has 0 heterocycles. The maximum absolute atomic E-state index is 2.52. The Kier molecular flexibility index (Phi) is 4.45. The van der Waals surface area contributed by atoms with Gasteiger partial charge in [0.1, 0.15) is 0 Å². The Morgan fingerprint density at radius 1 is 0.429 bits per heavy atom. The zero-order valence-corrected chi connectivity index (χ0v) is 22.4. The van der Waals surface area contributed by atoms with E-state index in [4.69, 9.17) is 0 Å². The van der Waals surface area contributed by atoms with Gasteiger partial charge >= 0.3 is 0 Å². The molecule has 0 nitrogen and oxygen atoms in total. The minimum Gasteiger partial charge on any atom is -0.0587 e. The summed E-state index contributed by atoms with van der Waals surface area (Å²) in [6.07, 6.45) is 0. The zero-order valence-electron chi connectivity index (χ0n) is 22.4. The predicted molar refractivity (Wildman–Crippen MR) is 150 cm³/mol. The minimum atomic E-state index is -0.282. The molecule has 6 rings (SSSR count). The molecule has 0 radical (unpaired) electrons. The largest absolute Gasteiger partial charge is 0.0725 e. The van der Waals surface area contributed by atoms with Crippen molar-refractivity contribution >= 4 is 0 Å². The third-order valence-electron chi connectivity index (χ3n) is 8.32. The Morgan fingerprint density at radius 3 is 1.09 bits per heavy atom. The molecule has 0 unspecified atom stereocenters. The monoisotopic (exact) mass is 456 g/mol. The van der Waals surface area contributed by atoms with Gasteiger partial charge in [0.2, 0.25) is 0 Å². The molecule has 4 aromatic rings. The topological polar surface area (TPSA) is 0 Å². The van der Waals surface area contributed by atoms with Crippen molar-refractivity contribution in [2.45, 2.75) is 71.6 Å². The number of hydrogen-bond donors (Lipinski definition) is 0. The molecule has 2 aliphatic rings. The highest BCUT2D eigenvalue weighted by atomic mass is 14.5. The lowest BCUT2D eigenvalue weighted by Gasteiger charge is -2.33. The summed E-state index contributed by atoms with van der Waals surface area (Å²) in [7, 11) is 0. The van der Waals surface area contributed by atoms with Crippen LogP contribution in [0.3, 0.4) is 0 Å². The summed E-state index contributed by atoms with van der Waals surface area (Å²) in [5.74, 6) is 0. The predicted octanol–water partition coefficient (Wildman–Crippen LogP) is 9.24. The van der Waals surface area contributed by atoms with Gasteiger partial charge in [-0.15, -0.1) is 0 Å². The molecule has 0 aromatic heterocycles. The zero-order chi connectivity index (χ0) is 24.9. The molecule has 35 heavy (non-hydrogen) atoms. The average Bonchev–Trinajstić information content (AvgIpc) is 3.23. The summed E-state index contributed by atoms with van der Waals surface area (Å²) in [5, 5.41) is 0. The summed E-state index contributed by atoms with van der Waals surface area (Å²) >= 11 is 0. The second-order valence-corrected chi connectivity index (χ2v) is 12.9. The van der Waals surface area contributed by atoms with Crippen molar-refractivity contribution in [3.05, 3.63) is 117 Å². The SMILES string of the molecule is Cc1ccc2c(c1)C1(c3cc(C)ccc3-2)c2cc(C(C)(C)C)ccc2-c2ccc(C(C)(C)C)cc21. The van der Waals surface area contributed by atoms with Gasteiger partial charge in [0.05, 0.1) is 5.41 Å². The van der Waals surface area contributed by atoms with E-state index in [9.17, 15) is 0 Å². The molecule has 0 atom stereocenters. The van der Waals surface area contributed by atoms with Crippen LogP contribution in [0.15, 0.2) is 72.8 Å². The van der Waals surface area contributed by atoms with Crippen molar-refractivity contribution in [3.63, 3.8) is 0 Å². The molecular formula is C35H36. The molecule has 176 valence electrons. The van der Waals surface area contributed by atoms with Crippen molar-refractivity contribution in [3.8, 4) is 22.3 Å². The Labute approximate surface area is 211 Å². The van der Waals surface area contributed by atoms with E-state index in [-0.39, 0.29) is 16.2 Å². The van der Waals surface area contributed by atoms with Crippen LogP contribution in [0.25, 0.3) is 22.3 Å². The van der Waals surface area contributed by atoms with Gasteiger partial charge in [-0.3, -0.25) is 0 Å². The van der Waals surface area contributed by atoms with Crippen molar-refractivity contribution in [1.29, 1.82) is 0 Å². The number of aryl methyl sites for hydroxylation is 2. The normalized spacial score (nSPS) is 15.1. The molecule has 0 bridgehead atoms. The fraction of sp³-hybridized carbons (Fsp3) is 0.314. The molecule has 0 aliphatic heterocycles. The number of hydrogen-bond acceptors (Lipinski definition) is 0. The highest BCUT2D eigenvalue weighted by Crippen LogP contribution is 2.63. The number of rotatable bonds is 0. The van der Waals surface area contributed by atoms with Crippen LogP contribution in [0, 0.1) is 13.8 Å². The summed E-state index contributed by atoms with van der Waals surface area (Å²) in [4.78, 5) is 0. The molecule has 0 amide bonds.